The average Bonchev–Trinajstić information content (AvgIpc) is 3.89. The van der Waals surface area contributed by atoms with Crippen LogP contribution >= 0.6 is 0 Å². The fourth-order valence-electron chi connectivity index (χ4n) is 8.88. The van der Waals surface area contributed by atoms with Crippen molar-refractivity contribution in [2.24, 2.45) is 0 Å². The molecule has 4 heterocycles. The molecule has 0 saturated heterocycles. The van der Waals surface area contributed by atoms with Crippen molar-refractivity contribution < 1.29 is 0 Å². The van der Waals surface area contributed by atoms with E-state index in [2.05, 4.69) is 202 Å². The molecule has 12 aromatic rings. The largest absolute Gasteiger partial charge is 0.309 e. The molecule has 8 aromatic carbocycles. The van der Waals surface area contributed by atoms with Crippen molar-refractivity contribution in [1.29, 1.82) is 0 Å². The molecule has 0 amide bonds. The van der Waals surface area contributed by atoms with E-state index in [1.165, 1.54) is 38.1 Å². The monoisotopic (exact) mass is 701 g/mol. The Bertz CT molecular complexity index is 3440. The van der Waals surface area contributed by atoms with Crippen molar-refractivity contribution >= 4 is 76.3 Å². The topological polar surface area (TPSA) is 40.6 Å². The predicted molar refractivity (Wildman–Crippen MR) is 228 cm³/mol. The molecule has 0 atom stereocenters. The molecule has 0 unspecified atom stereocenters. The highest BCUT2D eigenvalue weighted by Crippen LogP contribution is 2.39. The quantitative estimate of drug-likeness (QED) is 0.183. The molecule has 0 fully saturated rings. The molecule has 0 aliphatic carbocycles. The van der Waals surface area contributed by atoms with Crippen molar-refractivity contribution in [3.8, 4) is 28.6 Å². The first-order chi connectivity index (χ1) is 27.3. The van der Waals surface area contributed by atoms with E-state index in [-0.39, 0.29) is 0 Å². The van der Waals surface area contributed by atoms with Gasteiger partial charge in [-0.1, -0.05) is 115 Å². The normalized spacial score (nSPS) is 12.0. The number of rotatable bonds is 4. The molecular formula is C50H31N5. The lowest BCUT2D eigenvalue weighted by molar-refractivity contribution is 1.01. The lowest BCUT2D eigenvalue weighted by Gasteiger charge is -2.13. The summed E-state index contributed by atoms with van der Waals surface area (Å²) in [5, 5.41) is 8.24. The number of hydrogen-bond donors (Lipinski definition) is 0. The fraction of sp³-hybridized carbons (Fsp3) is 0. The Kier molecular flexibility index (Phi) is 6.27. The summed E-state index contributed by atoms with van der Waals surface area (Å²) in [6.07, 6.45) is 0. The number of fused-ring (bicyclic) bond motifs is 10. The number of para-hydroxylation sites is 6. The maximum atomic E-state index is 5.46. The van der Waals surface area contributed by atoms with E-state index in [9.17, 15) is 0 Å². The van der Waals surface area contributed by atoms with Crippen LogP contribution in [0.4, 0.5) is 0 Å². The van der Waals surface area contributed by atoms with E-state index in [1.807, 2.05) is 0 Å². The van der Waals surface area contributed by atoms with Gasteiger partial charge in [-0.05, 0) is 72.8 Å². The van der Waals surface area contributed by atoms with Crippen LogP contribution in [0.15, 0.2) is 188 Å². The SMILES string of the molecule is c1ccc(-n2c3ccccc3c3cc(-c4nc(-n5c6ccccc6c6cc(-n7c8ccccc8c8ccccc87)ccc65)nc5ccccc45)ccc32)cc1. The van der Waals surface area contributed by atoms with E-state index in [0.29, 0.717) is 5.95 Å². The molecule has 5 heteroatoms. The van der Waals surface area contributed by atoms with Gasteiger partial charge in [0.2, 0.25) is 5.95 Å². The van der Waals surface area contributed by atoms with E-state index in [0.717, 1.165) is 60.9 Å². The zero-order valence-corrected chi connectivity index (χ0v) is 29.6. The van der Waals surface area contributed by atoms with Crippen molar-refractivity contribution in [3.63, 3.8) is 0 Å². The van der Waals surface area contributed by atoms with Gasteiger partial charge in [0.25, 0.3) is 0 Å². The molecule has 0 spiro atoms. The van der Waals surface area contributed by atoms with Crippen LogP contribution in [0.1, 0.15) is 0 Å². The van der Waals surface area contributed by atoms with Crippen LogP contribution in [0.2, 0.25) is 0 Å². The van der Waals surface area contributed by atoms with Gasteiger partial charge in [0.05, 0.1) is 44.3 Å². The molecule has 0 aliphatic heterocycles. The first kappa shape index (κ1) is 30.0. The van der Waals surface area contributed by atoms with Crippen molar-refractivity contribution in [3.05, 3.63) is 188 Å². The molecule has 0 bridgehead atoms. The van der Waals surface area contributed by atoms with Crippen molar-refractivity contribution in [2.45, 2.75) is 0 Å². The summed E-state index contributed by atoms with van der Waals surface area (Å²) in [5.74, 6) is 0.649. The lowest BCUT2D eigenvalue weighted by Crippen LogP contribution is -2.03. The third kappa shape index (κ3) is 4.35. The third-order valence-corrected chi connectivity index (χ3v) is 11.2. The van der Waals surface area contributed by atoms with Crippen LogP contribution in [0.5, 0.6) is 0 Å². The molecule has 256 valence electrons. The highest BCUT2D eigenvalue weighted by Gasteiger charge is 2.20. The Morgan fingerprint density at radius 3 is 1.40 bits per heavy atom. The Labute approximate surface area is 315 Å². The van der Waals surface area contributed by atoms with Crippen LogP contribution in [-0.4, -0.2) is 23.7 Å². The summed E-state index contributed by atoms with van der Waals surface area (Å²) in [5.41, 5.74) is 12.0. The molecule has 12 rings (SSSR count). The first-order valence-electron chi connectivity index (χ1n) is 18.7. The van der Waals surface area contributed by atoms with Crippen LogP contribution in [0.25, 0.3) is 105 Å². The molecule has 0 radical (unpaired) electrons. The van der Waals surface area contributed by atoms with E-state index < -0.39 is 0 Å². The Balaban J connectivity index is 1.09. The average molecular weight is 702 g/mol. The zero-order valence-electron chi connectivity index (χ0n) is 29.6. The fourth-order valence-corrected chi connectivity index (χ4v) is 8.88. The Hall–Kier alpha value is -7.50. The highest BCUT2D eigenvalue weighted by molar-refractivity contribution is 6.13. The zero-order chi connectivity index (χ0) is 36.0. The summed E-state index contributed by atoms with van der Waals surface area (Å²) in [4.78, 5) is 10.7. The molecule has 0 N–H and O–H groups in total. The van der Waals surface area contributed by atoms with Gasteiger partial charge >= 0.3 is 0 Å². The van der Waals surface area contributed by atoms with Gasteiger partial charge in [-0.3, -0.25) is 4.57 Å². The van der Waals surface area contributed by atoms with Crippen LogP contribution < -0.4 is 0 Å². The van der Waals surface area contributed by atoms with Gasteiger partial charge in [-0.15, -0.1) is 0 Å². The summed E-state index contributed by atoms with van der Waals surface area (Å²) < 4.78 is 6.96. The van der Waals surface area contributed by atoms with Gasteiger partial charge in [0, 0.05) is 54.6 Å². The van der Waals surface area contributed by atoms with Gasteiger partial charge in [-0.25, -0.2) is 9.97 Å². The lowest BCUT2D eigenvalue weighted by atomic mass is 10.0. The number of nitrogens with zero attached hydrogens (tertiary/aromatic N) is 5. The van der Waals surface area contributed by atoms with Crippen LogP contribution in [0, 0.1) is 0 Å². The Morgan fingerprint density at radius 2 is 0.745 bits per heavy atom. The second-order valence-electron chi connectivity index (χ2n) is 14.2. The smallest absolute Gasteiger partial charge is 0.235 e. The maximum Gasteiger partial charge on any atom is 0.235 e. The Morgan fingerprint density at radius 1 is 0.291 bits per heavy atom. The van der Waals surface area contributed by atoms with Crippen LogP contribution in [0.3, 0.4) is 0 Å². The predicted octanol–water partition coefficient (Wildman–Crippen LogP) is 12.6. The van der Waals surface area contributed by atoms with Gasteiger partial charge < -0.3 is 9.13 Å². The molecule has 4 aromatic heterocycles. The third-order valence-electron chi connectivity index (χ3n) is 11.2. The number of aromatic nitrogens is 5. The summed E-state index contributed by atoms with van der Waals surface area (Å²) >= 11 is 0. The second-order valence-corrected chi connectivity index (χ2v) is 14.2. The second kappa shape index (κ2) is 11.5. The number of hydrogen-bond acceptors (Lipinski definition) is 2. The first-order valence-corrected chi connectivity index (χ1v) is 18.7. The molecule has 0 aliphatic rings. The molecule has 0 saturated carbocycles. The number of benzene rings is 8. The standard InChI is InChI=1S/C50H31N5/c1-2-14-33(15-3-1)53-45-24-12-7-18-37(45)40-30-32(26-28-47(40)53)49-39-20-4-9-21-42(39)51-50(52-49)55-46-25-13-8-19-38(46)41-31-34(27-29-48(41)55)54-43-22-10-5-16-35(43)36-17-6-11-23-44(36)54/h1-31H. The minimum absolute atomic E-state index is 0.649. The summed E-state index contributed by atoms with van der Waals surface area (Å²) in [6, 6.07) is 67.1. The van der Waals surface area contributed by atoms with E-state index >= 15 is 0 Å². The summed E-state index contributed by atoms with van der Waals surface area (Å²) in [7, 11) is 0. The maximum absolute atomic E-state index is 5.46. The van der Waals surface area contributed by atoms with Gasteiger partial charge in [0.1, 0.15) is 0 Å². The minimum Gasteiger partial charge on any atom is -0.309 e. The van der Waals surface area contributed by atoms with Crippen molar-refractivity contribution in [2.75, 3.05) is 0 Å². The van der Waals surface area contributed by atoms with Crippen molar-refractivity contribution in [1.82, 2.24) is 23.7 Å². The molecular weight excluding hydrogens is 671 g/mol. The highest BCUT2D eigenvalue weighted by atomic mass is 15.2. The molecule has 5 nitrogen and oxygen atoms in total. The summed E-state index contributed by atoms with van der Waals surface area (Å²) in [6.45, 7) is 0. The van der Waals surface area contributed by atoms with E-state index in [4.69, 9.17) is 9.97 Å². The minimum atomic E-state index is 0.649. The van der Waals surface area contributed by atoms with Crippen LogP contribution in [-0.2, 0) is 0 Å². The van der Waals surface area contributed by atoms with Gasteiger partial charge in [-0.2, -0.15) is 0 Å². The van der Waals surface area contributed by atoms with E-state index in [1.54, 1.807) is 0 Å². The van der Waals surface area contributed by atoms with Gasteiger partial charge in [0.15, 0.2) is 0 Å². The molecule has 55 heavy (non-hydrogen) atoms.